The highest BCUT2D eigenvalue weighted by atomic mass is 79.9. The van der Waals surface area contributed by atoms with Gasteiger partial charge in [0.2, 0.25) is 10.0 Å². The molecule has 0 spiro atoms. The molecule has 1 aliphatic rings. The number of aliphatic hydroxyl groups excluding tert-OH is 1. The topological polar surface area (TPSA) is 66.4 Å². The molecule has 0 heterocycles. The SMILES string of the molecule is O=S(=O)(NCC(O)C1CC1)c1c(Cl)cc(Br)cc1Cl. The van der Waals surface area contributed by atoms with Crippen molar-refractivity contribution < 1.29 is 13.5 Å². The van der Waals surface area contributed by atoms with Gasteiger partial charge in [-0.1, -0.05) is 39.1 Å². The normalized spacial score (nSPS) is 17.5. The Balaban J connectivity index is 2.19. The van der Waals surface area contributed by atoms with Crippen molar-refractivity contribution in [3.05, 3.63) is 26.7 Å². The second-order valence-corrected chi connectivity index (χ2v) is 7.89. The van der Waals surface area contributed by atoms with Crippen molar-refractivity contribution in [2.45, 2.75) is 23.8 Å². The van der Waals surface area contributed by atoms with Crippen LogP contribution in [0.2, 0.25) is 10.0 Å². The number of aliphatic hydroxyl groups is 1. The quantitative estimate of drug-likeness (QED) is 0.814. The molecule has 2 rings (SSSR count). The fourth-order valence-electron chi connectivity index (χ4n) is 1.70. The minimum atomic E-state index is -3.83. The van der Waals surface area contributed by atoms with Crippen molar-refractivity contribution in [2.24, 2.45) is 5.92 Å². The summed E-state index contributed by atoms with van der Waals surface area (Å²) in [6.07, 6.45) is 1.20. The molecule has 1 unspecified atom stereocenters. The van der Waals surface area contributed by atoms with E-state index in [9.17, 15) is 13.5 Å². The van der Waals surface area contributed by atoms with Crippen molar-refractivity contribution >= 4 is 49.2 Å². The molecule has 0 bridgehead atoms. The second-order valence-electron chi connectivity index (χ2n) is 4.46. The Morgan fingerprint density at radius 3 is 2.37 bits per heavy atom. The van der Waals surface area contributed by atoms with Gasteiger partial charge in [0, 0.05) is 11.0 Å². The van der Waals surface area contributed by atoms with Crippen LogP contribution in [0.1, 0.15) is 12.8 Å². The number of hydrogen-bond acceptors (Lipinski definition) is 3. The second kappa shape index (κ2) is 5.87. The van der Waals surface area contributed by atoms with Gasteiger partial charge in [-0.2, -0.15) is 0 Å². The first-order valence-corrected chi connectivity index (χ1v) is 8.67. The third-order valence-corrected chi connectivity index (χ3v) is 5.68. The van der Waals surface area contributed by atoms with E-state index in [4.69, 9.17) is 23.2 Å². The van der Waals surface area contributed by atoms with E-state index >= 15 is 0 Å². The zero-order valence-electron chi connectivity index (χ0n) is 9.74. The van der Waals surface area contributed by atoms with Crippen LogP contribution in [0.15, 0.2) is 21.5 Å². The molecule has 0 aromatic heterocycles. The molecule has 0 aliphatic heterocycles. The van der Waals surface area contributed by atoms with Gasteiger partial charge in [0.15, 0.2) is 0 Å². The summed E-state index contributed by atoms with van der Waals surface area (Å²) in [5.74, 6) is 0.193. The van der Waals surface area contributed by atoms with Gasteiger partial charge in [0.1, 0.15) is 4.90 Å². The van der Waals surface area contributed by atoms with E-state index in [1.54, 1.807) is 0 Å². The maximum atomic E-state index is 12.1. The summed E-state index contributed by atoms with van der Waals surface area (Å²) in [4.78, 5) is -0.165. The fraction of sp³-hybridized carbons (Fsp3) is 0.455. The summed E-state index contributed by atoms with van der Waals surface area (Å²) in [7, 11) is -3.83. The van der Waals surface area contributed by atoms with E-state index < -0.39 is 16.1 Å². The number of benzene rings is 1. The average molecular weight is 389 g/mol. The minimum absolute atomic E-state index is 0.0320. The molecular weight excluding hydrogens is 377 g/mol. The van der Waals surface area contributed by atoms with E-state index in [-0.39, 0.29) is 27.4 Å². The van der Waals surface area contributed by atoms with Crippen molar-refractivity contribution in [1.82, 2.24) is 4.72 Å². The molecule has 4 nitrogen and oxygen atoms in total. The predicted octanol–water partition coefficient (Wildman–Crippen LogP) is 2.81. The molecule has 19 heavy (non-hydrogen) atoms. The van der Waals surface area contributed by atoms with E-state index in [1.807, 2.05) is 0 Å². The molecule has 1 aromatic rings. The maximum Gasteiger partial charge on any atom is 0.243 e. The van der Waals surface area contributed by atoms with Crippen molar-refractivity contribution in [2.75, 3.05) is 6.54 Å². The first-order chi connectivity index (χ1) is 8.81. The molecular formula is C11H12BrCl2NO3S. The maximum absolute atomic E-state index is 12.1. The molecule has 1 aliphatic carbocycles. The monoisotopic (exact) mass is 387 g/mol. The van der Waals surface area contributed by atoms with Gasteiger partial charge in [-0.15, -0.1) is 0 Å². The first kappa shape index (κ1) is 15.5. The van der Waals surface area contributed by atoms with Crippen molar-refractivity contribution in [1.29, 1.82) is 0 Å². The summed E-state index contributed by atoms with van der Waals surface area (Å²) in [6.45, 7) is -0.0320. The molecule has 0 saturated heterocycles. The lowest BCUT2D eigenvalue weighted by molar-refractivity contribution is 0.155. The van der Waals surface area contributed by atoms with Crippen LogP contribution in [-0.2, 0) is 10.0 Å². The number of sulfonamides is 1. The van der Waals surface area contributed by atoms with Crippen LogP contribution in [0.25, 0.3) is 0 Å². The molecule has 8 heteroatoms. The molecule has 0 radical (unpaired) electrons. The Morgan fingerprint density at radius 1 is 1.37 bits per heavy atom. The predicted molar refractivity (Wildman–Crippen MR) is 78.1 cm³/mol. The molecule has 2 N–H and O–H groups in total. The molecule has 106 valence electrons. The first-order valence-electron chi connectivity index (χ1n) is 5.63. The zero-order valence-corrected chi connectivity index (χ0v) is 13.7. The summed E-state index contributed by atoms with van der Waals surface area (Å²) in [5.41, 5.74) is 0. The number of hydrogen-bond donors (Lipinski definition) is 2. The number of nitrogens with one attached hydrogen (secondary N) is 1. The van der Waals surface area contributed by atoms with Crippen LogP contribution in [-0.4, -0.2) is 26.2 Å². The van der Waals surface area contributed by atoms with Crippen LogP contribution in [0, 0.1) is 5.92 Å². The van der Waals surface area contributed by atoms with Gasteiger partial charge in [-0.3, -0.25) is 0 Å². The van der Waals surface area contributed by atoms with Gasteiger partial charge < -0.3 is 5.11 Å². The summed E-state index contributed by atoms with van der Waals surface area (Å²) in [5, 5.41) is 9.75. The van der Waals surface area contributed by atoms with Gasteiger partial charge in [-0.25, -0.2) is 13.1 Å². The Hall–Kier alpha value is 0.150. The molecule has 1 aromatic carbocycles. The molecule has 1 fully saturated rings. The Bertz CT molecular complexity index is 567. The van der Waals surface area contributed by atoms with E-state index in [0.717, 1.165) is 12.8 Å². The van der Waals surface area contributed by atoms with Crippen LogP contribution in [0.4, 0.5) is 0 Å². The highest BCUT2D eigenvalue weighted by Crippen LogP contribution is 2.34. The van der Waals surface area contributed by atoms with Gasteiger partial charge in [0.25, 0.3) is 0 Å². The van der Waals surface area contributed by atoms with Gasteiger partial charge in [0.05, 0.1) is 16.1 Å². The lowest BCUT2D eigenvalue weighted by Crippen LogP contribution is -2.33. The Labute approximate surface area is 130 Å². The third kappa shape index (κ3) is 3.83. The third-order valence-electron chi connectivity index (χ3n) is 2.88. The highest BCUT2D eigenvalue weighted by molar-refractivity contribution is 9.10. The van der Waals surface area contributed by atoms with E-state index in [0.29, 0.717) is 4.47 Å². The van der Waals surface area contributed by atoms with E-state index in [2.05, 4.69) is 20.7 Å². The molecule has 0 amide bonds. The van der Waals surface area contributed by atoms with Crippen molar-refractivity contribution in [3.8, 4) is 0 Å². The standard InChI is InChI=1S/C11H12BrCl2NO3S/c12-7-3-8(13)11(9(14)4-7)19(17,18)15-5-10(16)6-1-2-6/h3-4,6,10,15-16H,1-2,5H2. The number of halogens is 3. The Morgan fingerprint density at radius 2 is 1.89 bits per heavy atom. The summed E-state index contributed by atoms with van der Waals surface area (Å²) >= 11 is 15.0. The lowest BCUT2D eigenvalue weighted by atomic mass is 10.2. The van der Waals surface area contributed by atoms with Crippen LogP contribution in [0.5, 0.6) is 0 Å². The minimum Gasteiger partial charge on any atom is -0.391 e. The van der Waals surface area contributed by atoms with Crippen LogP contribution >= 0.6 is 39.1 Å². The summed E-state index contributed by atoms with van der Waals surface area (Å²) < 4.78 is 27.2. The van der Waals surface area contributed by atoms with Crippen molar-refractivity contribution in [3.63, 3.8) is 0 Å². The lowest BCUT2D eigenvalue weighted by Gasteiger charge is -2.13. The smallest absolute Gasteiger partial charge is 0.243 e. The number of rotatable bonds is 5. The summed E-state index contributed by atoms with van der Waals surface area (Å²) in [6, 6.07) is 2.92. The zero-order chi connectivity index (χ0) is 14.2. The largest absolute Gasteiger partial charge is 0.391 e. The Kier molecular flexibility index (Phi) is 4.80. The van der Waals surface area contributed by atoms with E-state index in [1.165, 1.54) is 12.1 Å². The molecule has 1 saturated carbocycles. The van der Waals surface area contributed by atoms with Gasteiger partial charge >= 0.3 is 0 Å². The van der Waals surface area contributed by atoms with Crippen LogP contribution in [0.3, 0.4) is 0 Å². The average Bonchev–Trinajstić information content (AvgIpc) is 3.07. The molecule has 1 atom stereocenters. The van der Waals surface area contributed by atoms with Crippen LogP contribution < -0.4 is 4.72 Å². The fourth-order valence-corrected chi connectivity index (χ4v) is 4.68. The van der Waals surface area contributed by atoms with Gasteiger partial charge in [-0.05, 0) is 30.9 Å². The highest BCUT2D eigenvalue weighted by Gasteiger charge is 2.31.